The molecule has 2 atom stereocenters. The fourth-order valence-corrected chi connectivity index (χ4v) is 9.77. The molecule has 4 aromatic carbocycles. The van der Waals surface area contributed by atoms with E-state index in [1.54, 1.807) is 18.2 Å². The monoisotopic (exact) mass is 983 g/mol. The number of hydrogen-bond acceptors (Lipinski definition) is 16. The zero-order valence-electron chi connectivity index (χ0n) is 38.1. The Balaban J connectivity index is 0.772. The number of amides is 5. The lowest BCUT2D eigenvalue weighted by atomic mass is 9.96. The first-order valence-electron chi connectivity index (χ1n) is 23.1. The van der Waals surface area contributed by atoms with Crippen molar-refractivity contribution < 1.29 is 62.6 Å². The van der Waals surface area contributed by atoms with Crippen LogP contribution in [0.1, 0.15) is 53.3 Å². The number of carbonyl (C=O) groups is 5. The minimum Gasteiger partial charge on any atom is -0.508 e. The van der Waals surface area contributed by atoms with Crippen molar-refractivity contribution in [1.82, 2.24) is 30.0 Å². The molecule has 5 heterocycles. The van der Waals surface area contributed by atoms with Crippen molar-refractivity contribution in [1.29, 1.82) is 0 Å². The number of fused-ring (bicyclic) bond motifs is 3. The average molecular weight is 984 g/mol. The van der Waals surface area contributed by atoms with Crippen LogP contribution in [0, 0.1) is 5.82 Å². The minimum absolute atomic E-state index is 0.0224. The molecule has 4 aliphatic heterocycles. The summed E-state index contributed by atoms with van der Waals surface area (Å²) >= 11 is 6.88. The topological polar surface area (TPSA) is 234 Å². The van der Waals surface area contributed by atoms with Gasteiger partial charge in [0.1, 0.15) is 41.6 Å². The first-order chi connectivity index (χ1) is 33.7. The fraction of sp³-hybridized carbons (Fsp3) is 0.408. The van der Waals surface area contributed by atoms with E-state index in [1.165, 1.54) is 23.1 Å². The Morgan fingerprint density at radius 2 is 1.60 bits per heavy atom. The van der Waals surface area contributed by atoms with Crippen molar-refractivity contribution >= 4 is 68.6 Å². The largest absolute Gasteiger partial charge is 0.508 e. The summed E-state index contributed by atoms with van der Waals surface area (Å²) in [6, 6.07) is 15.3. The molecule has 368 valence electrons. The standard InChI is InChI=1S/C49H51ClFN7O12/c1-27(26-55-12-10-30(11-13-55)68-20-18-67-19-21-69-31-6-7-33-35(24-31)46(63)58(45(33)62)38-8-9-39(60)52-44(38)61)70-49-53-42-36(43(54-49)56-14-16-57(17-15-56)47(64)48(65)66)25-37(50)40(41(42)51)34-23-29(59)22-28-4-2-3-5-32(28)34/h2-7,22-25,27,30,38,48,59,65-66H,8-21,26H2,1H3,(H,52,60,61). The summed E-state index contributed by atoms with van der Waals surface area (Å²) in [5, 5.41) is 33.5. The Hall–Kier alpha value is -6.55. The number of piperazine rings is 1. The molecule has 21 heteroatoms. The van der Waals surface area contributed by atoms with E-state index in [4.69, 9.17) is 35.5 Å². The van der Waals surface area contributed by atoms with Gasteiger partial charge >= 0.3 is 6.01 Å². The second-order valence-corrected chi connectivity index (χ2v) is 18.0. The Morgan fingerprint density at radius 1 is 0.857 bits per heavy atom. The Kier molecular flexibility index (Phi) is 14.4. The van der Waals surface area contributed by atoms with Gasteiger partial charge in [-0.05, 0) is 78.9 Å². The van der Waals surface area contributed by atoms with Gasteiger partial charge in [-0.3, -0.25) is 39.1 Å². The summed E-state index contributed by atoms with van der Waals surface area (Å²) in [4.78, 5) is 78.0. The number of aliphatic hydroxyl groups excluding tert-OH is 1. The molecular formula is C49H51ClFN7O12. The van der Waals surface area contributed by atoms with Gasteiger partial charge in [-0.15, -0.1) is 0 Å². The molecule has 9 rings (SSSR count). The van der Waals surface area contributed by atoms with Crippen LogP contribution in [0.2, 0.25) is 5.02 Å². The van der Waals surface area contributed by atoms with E-state index in [1.807, 2.05) is 36.1 Å². The Bertz CT molecular complexity index is 2860. The lowest BCUT2D eigenvalue weighted by Crippen LogP contribution is -2.54. The molecule has 19 nitrogen and oxygen atoms in total. The van der Waals surface area contributed by atoms with Gasteiger partial charge in [-0.2, -0.15) is 9.97 Å². The van der Waals surface area contributed by atoms with Crippen molar-refractivity contribution in [3.05, 3.63) is 82.6 Å². The zero-order valence-corrected chi connectivity index (χ0v) is 38.9. The summed E-state index contributed by atoms with van der Waals surface area (Å²) in [6.07, 6.45) is -0.880. The van der Waals surface area contributed by atoms with Crippen LogP contribution in [0.4, 0.5) is 10.2 Å². The molecule has 0 bridgehead atoms. The number of halogens is 2. The molecule has 4 aliphatic rings. The third-order valence-electron chi connectivity index (χ3n) is 12.9. The third-order valence-corrected chi connectivity index (χ3v) is 13.2. The molecule has 0 spiro atoms. The highest BCUT2D eigenvalue weighted by Crippen LogP contribution is 2.43. The lowest BCUT2D eigenvalue weighted by molar-refractivity contribution is -0.159. The summed E-state index contributed by atoms with van der Waals surface area (Å²) < 4.78 is 41.0. The number of anilines is 1. The molecule has 0 saturated carbocycles. The second-order valence-electron chi connectivity index (χ2n) is 17.6. The van der Waals surface area contributed by atoms with Crippen molar-refractivity contribution in [2.75, 3.05) is 77.1 Å². The second kappa shape index (κ2) is 20.8. The van der Waals surface area contributed by atoms with Crippen molar-refractivity contribution in [2.24, 2.45) is 0 Å². The van der Waals surface area contributed by atoms with Crippen LogP contribution < -0.4 is 19.7 Å². The number of hydrogen-bond donors (Lipinski definition) is 4. The van der Waals surface area contributed by atoms with E-state index in [2.05, 4.69) is 15.2 Å². The van der Waals surface area contributed by atoms with Crippen LogP contribution in [0.3, 0.4) is 0 Å². The van der Waals surface area contributed by atoms with Crippen LogP contribution in [0.25, 0.3) is 32.8 Å². The van der Waals surface area contributed by atoms with Gasteiger partial charge in [0.25, 0.3) is 17.7 Å². The Labute approximate surface area is 405 Å². The predicted molar refractivity (Wildman–Crippen MR) is 251 cm³/mol. The van der Waals surface area contributed by atoms with Gasteiger partial charge in [0, 0.05) is 63.2 Å². The van der Waals surface area contributed by atoms with Gasteiger partial charge in [-0.1, -0.05) is 35.9 Å². The summed E-state index contributed by atoms with van der Waals surface area (Å²) in [5.41, 5.74) is 0.689. The van der Waals surface area contributed by atoms with Crippen LogP contribution in [0.5, 0.6) is 17.5 Å². The van der Waals surface area contributed by atoms with Gasteiger partial charge in [-0.25, -0.2) is 4.39 Å². The van der Waals surface area contributed by atoms with E-state index in [-0.39, 0.29) is 97.3 Å². The van der Waals surface area contributed by atoms with Gasteiger partial charge in [0.15, 0.2) is 5.82 Å². The molecule has 4 N–H and O–H groups in total. The highest BCUT2D eigenvalue weighted by Gasteiger charge is 2.45. The third kappa shape index (κ3) is 10.2. The molecule has 5 aromatic rings. The number of aliphatic hydroxyl groups is 2. The number of carbonyl (C=O) groups excluding carboxylic acids is 5. The number of likely N-dealkylation sites (tertiary alicyclic amines) is 1. The van der Waals surface area contributed by atoms with E-state index >= 15 is 4.39 Å². The van der Waals surface area contributed by atoms with Gasteiger partial charge in [0.2, 0.25) is 18.1 Å². The number of nitrogens with zero attached hydrogens (tertiary/aromatic N) is 6. The number of aromatic nitrogens is 2. The van der Waals surface area contributed by atoms with Crippen molar-refractivity contribution in [3.8, 4) is 28.6 Å². The van der Waals surface area contributed by atoms with Crippen LogP contribution in [0.15, 0.2) is 60.7 Å². The lowest BCUT2D eigenvalue weighted by Gasteiger charge is -2.36. The molecule has 70 heavy (non-hydrogen) atoms. The van der Waals surface area contributed by atoms with E-state index in [0.29, 0.717) is 53.0 Å². The molecule has 0 aliphatic carbocycles. The molecule has 5 amide bonds. The molecule has 3 saturated heterocycles. The van der Waals surface area contributed by atoms with Crippen molar-refractivity contribution in [2.45, 2.75) is 57.1 Å². The predicted octanol–water partition coefficient (Wildman–Crippen LogP) is 3.65. The smallest absolute Gasteiger partial charge is 0.319 e. The zero-order chi connectivity index (χ0) is 49.2. The minimum atomic E-state index is -2.13. The maximum absolute atomic E-state index is 17.1. The normalized spacial score (nSPS) is 18.5. The number of phenolic OH excluding ortho intramolecular Hbond substituents is 1. The maximum Gasteiger partial charge on any atom is 0.319 e. The van der Waals surface area contributed by atoms with E-state index in [0.717, 1.165) is 30.8 Å². The molecule has 0 radical (unpaired) electrons. The Morgan fingerprint density at radius 3 is 2.36 bits per heavy atom. The molecular weight excluding hydrogens is 933 g/mol. The fourth-order valence-electron chi connectivity index (χ4n) is 9.48. The number of nitrogens with one attached hydrogen (secondary N) is 1. The van der Waals surface area contributed by atoms with Crippen LogP contribution in [-0.2, 0) is 23.9 Å². The summed E-state index contributed by atoms with van der Waals surface area (Å²) in [5.74, 6) is -3.21. The number of aromatic hydroxyl groups is 1. The van der Waals surface area contributed by atoms with Crippen LogP contribution >= 0.6 is 11.6 Å². The highest BCUT2D eigenvalue weighted by molar-refractivity contribution is 6.35. The maximum atomic E-state index is 17.1. The SMILES string of the molecule is CC(CN1CCC(OCCOCCOc2ccc3c(c2)C(=O)N(C2CCC(=O)NC2=O)C3=O)CC1)Oc1nc(N2CCN(C(=O)C(O)O)CC2)c2cc(Cl)c(-c3cc(O)cc4ccccc34)c(F)c2n1. The molecule has 3 fully saturated rings. The number of piperidine rings is 2. The number of imide groups is 2. The average Bonchev–Trinajstić information content (AvgIpc) is 3.58. The van der Waals surface area contributed by atoms with Crippen molar-refractivity contribution in [3.63, 3.8) is 0 Å². The number of benzene rings is 4. The van der Waals surface area contributed by atoms with Crippen LogP contribution in [-0.4, -0.2) is 166 Å². The number of ether oxygens (including phenoxy) is 4. The number of rotatable bonds is 16. The highest BCUT2D eigenvalue weighted by atomic mass is 35.5. The molecule has 2 unspecified atom stereocenters. The first-order valence-corrected chi connectivity index (χ1v) is 23.5. The number of phenols is 1. The quantitative estimate of drug-likeness (QED) is 0.0628. The van der Waals surface area contributed by atoms with E-state index < -0.39 is 53.8 Å². The van der Waals surface area contributed by atoms with E-state index in [9.17, 15) is 39.3 Å². The molecule has 1 aromatic heterocycles. The first kappa shape index (κ1) is 48.5. The summed E-state index contributed by atoms with van der Waals surface area (Å²) in [7, 11) is 0. The summed E-state index contributed by atoms with van der Waals surface area (Å²) in [6.45, 7) is 5.81. The van der Waals surface area contributed by atoms with Gasteiger partial charge in [0.05, 0.1) is 42.1 Å². The van der Waals surface area contributed by atoms with Gasteiger partial charge < -0.3 is 44.1 Å².